The van der Waals surface area contributed by atoms with Crippen LogP contribution in [0.3, 0.4) is 0 Å². The van der Waals surface area contributed by atoms with Crippen LogP contribution < -0.4 is 0 Å². The van der Waals surface area contributed by atoms with Gasteiger partial charge in [0, 0.05) is 10.0 Å². The zero-order chi connectivity index (χ0) is 10.5. The van der Waals surface area contributed by atoms with E-state index in [9.17, 15) is 14.6 Å². The average Bonchev–Trinajstić information content (AvgIpc) is 2.81. The Hall–Kier alpha value is -0.610. The van der Waals surface area contributed by atoms with Gasteiger partial charge in [-0.05, 0) is 31.4 Å². The first-order valence-electron chi connectivity index (χ1n) is 4.36. The van der Waals surface area contributed by atoms with Gasteiger partial charge in [-0.3, -0.25) is 0 Å². The van der Waals surface area contributed by atoms with Crippen molar-refractivity contribution >= 4 is 15.9 Å². The lowest BCUT2D eigenvalue weighted by Crippen LogP contribution is -2.08. The Morgan fingerprint density at radius 2 is 2.07 bits per heavy atom. The number of halogens is 2. The smallest absolute Gasteiger partial charge is 0.166 e. The zero-order valence-electron chi connectivity index (χ0n) is 7.64. The van der Waals surface area contributed by atoms with Gasteiger partial charge in [-0.15, -0.1) is 0 Å². The summed E-state index contributed by atoms with van der Waals surface area (Å²) in [6.07, 6.45) is 1.16. The third-order valence-corrected chi connectivity index (χ3v) is 3.46. The van der Waals surface area contributed by atoms with Gasteiger partial charge in [0.25, 0.3) is 0 Å². The lowest BCUT2D eigenvalue weighted by atomic mass is 10.0. The Balaban J connectivity index is 2.68. The van der Waals surface area contributed by atoms with E-state index in [2.05, 4.69) is 15.9 Å². The molecule has 0 atom stereocenters. The normalized spacial score (nSPS) is 18.3. The van der Waals surface area contributed by atoms with Crippen LogP contribution in [-0.2, 0) is 5.60 Å². The highest BCUT2D eigenvalue weighted by Gasteiger charge is 2.46. The van der Waals surface area contributed by atoms with Crippen molar-refractivity contribution in [3.63, 3.8) is 0 Å². The lowest BCUT2D eigenvalue weighted by molar-refractivity contribution is 0.146. The predicted octanol–water partition coefficient (Wildman–Crippen LogP) is 2.58. The van der Waals surface area contributed by atoms with E-state index < -0.39 is 17.2 Å². The molecule has 1 fully saturated rings. The second-order valence-corrected chi connectivity index (χ2v) is 4.57. The van der Waals surface area contributed by atoms with Crippen LogP contribution in [0.25, 0.3) is 0 Å². The minimum Gasteiger partial charge on any atom is -0.505 e. The summed E-state index contributed by atoms with van der Waals surface area (Å²) in [5, 5.41) is 19.4. The van der Waals surface area contributed by atoms with Crippen molar-refractivity contribution in [2.45, 2.75) is 25.4 Å². The van der Waals surface area contributed by atoms with Gasteiger partial charge in [0.1, 0.15) is 0 Å². The van der Waals surface area contributed by atoms with E-state index in [4.69, 9.17) is 0 Å². The van der Waals surface area contributed by atoms with Crippen LogP contribution in [0.15, 0.2) is 10.5 Å². The lowest BCUT2D eigenvalue weighted by Gasteiger charge is -2.15. The number of hydrogen-bond donors (Lipinski definition) is 2. The molecule has 0 amide bonds. The van der Waals surface area contributed by atoms with Crippen molar-refractivity contribution in [2.75, 3.05) is 0 Å². The molecule has 0 aromatic heterocycles. The first-order valence-corrected chi connectivity index (χ1v) is 5.15. The van der Waals surface area contributed by atoms with Gasteiger partial charge in [0.15, 0.2) is 11.6 Å². The molecule has 0 saturated heterocycles. The quantitative estimate of drug-likeness (QED) is 0.815. The van der Waals surface area contributed by atoms with E-state index in [-0.39, 0.29) is 0 Å². The molecule has 0 radical (unpaired) electrons. The fourth-order valence-electron chi connectivity index (χ4n) is 1.64. The van der Waals surface area contributed by atoms with Crippen LogP contribution in [-0.4, -0.2) is 10.2 Å². The highest BCUT2D eigenvalue weighted by atomic mass is 79.9. The Bertz CT molecular complexity index is 373. The maximum atomic E-state index is 13.2. The van der Waals surface area contributed by atoms with Gasteiger partial charge in [0.2, 0.25) is 0 Å². The highest BCUT2D eigenvalue weighted by Crippen LogP contribution is 2.51. The molecule has 1 aliphatic carbocycles. The molecule has 0 spiro atoms. The van der Waals surface area contributed by atoms with Crippen molar-refractivity contribution in [2.24, 2.45) is 0 Å². The van der Waals surface area contributed by atoms with Gasteiger partial charge in [-0.2, -0.15) is 0 Å². The van der Waals surface area contributed by atoms with Crippen LogP contribution in [0.4, 0.5) is 4.39 Å². The third-order valence-electron chi connectivity index (χ3n) is 2.64. The Morgan fingerprint density at radius 3 is 2.57 bits per heavy atom. The van der Waals surface area contributed by atoms with E-state index in [1.807, 2.05) is 0 Å². The van der Waals surface area contributed by atoms with Crippen LogP contribution >= 0.6 is 15.9 Å². The molecule has 4 heteroatoms. The summed E-state index contributed by atoms with van der Waals surface area (Å²) in [6.45, 7) is 1.74. The Labute approximate surface area is 89.5 Å². The minimum atomic E-state index is -1.02. The van der Waals surface area contributed by atoms with Crippen LogP contribution in [0, 0.1) is 12.7 Å². The number of rotatable bonds is 1. The number of phenolic OH excluding ortho intramolecular Hbond substituents is 1. The molecule has 76 valence electrons. The van der Waals surface area contributed by atoms with Gasteiger partial charge < -0.3 is 10.2 Å². The molecule has 0 unspecified atom stereocenters. The van der Waals surface area contributed by atoms with Gasteiger partial charge in [-0.25, -0.2) is 4.39 Å². The van der Waals surface area contributed by atoms with E-state index in [1.54, 1.807) is 6.92 Å². The standard InChI is InChI=1S/C10H10BrFO2/c1-5-6(11)4-7(12)9(13)8(5)10(14)2-3-10/h4,13-14H,2-3H2,1H3. The average molecular weight is 261 g/mol. The minimum absolute atomic E-state index is 0.323. The van der Waals surface area contributed by atoms with Gasteiger partial charge in [-0.1, -0.05) is 15.9 Å². The summed E-state index contributed by atoms with van der Waals surface area (Å²) in [6, 6.07) is 1.21. The second-order valence-electron chi connectivity index (χ2n) is 3.72. The molecular formula is C10H10BrFO2. The van der Waals surface area contributed by atoms with Gasteiger partial charge >= 0.3 is 0 Å². The molecule has 1 saturated carbocycles. The Morgan fingerprint density at radius 1 is 1.50 bits per heavy atom. The number of aliphatic hydroxyl groups is 1. The second kappa shape index (κ2) is 2.94. The zero-order valence-corrected chi connectivity index (χ0v) is 9.23. The predicted molar refractivity (Wildman–Crippen MR) is 53.6 cm³/mol. The van der Waals surface area contributed by atoms with E-state index in [0.29, 0.717) is 28.4 Å². The van der Waals surface area contributed by atoms with E-state index in [1.165, 1.54) is 6.07 Å². The fourth-order valence-corrected chi connectivity index (χ4v) is 2.04. The summed E-state index contributed by atoms with van der Waals surface area (Å²) in [4.78, 5) is 0. The largest absolute Gasteiger partial charge is 0.505 e. The fraction of sp³-hybridized carbons (Fsp3) is 0.400. The molecule has 14 heavy (non-hydrogen) atoms. The summed E-state index contributed by atoms with van der Waals surface area (Å²) in [5.74, 6) is -1.12. The third kappa shape index (κ3) is 1.33. The number of aromatic hydroxyl groups is 1. The topological polar surface area (TPSA) is 40.5 Å². The molecule has 0 aliphatic heterocycles. The van der Waals surface area contributed by atoms with Crippen LogP contribution in [0.5, 0.6) is 5.75 Å². The molecule has 1 aromatic carbocycles. The molecule has 2 N–H and O–H groups in total. The molecule has 1 aliphatic rings. The first-order chi connectivity index (χ1) is 6.46. The molecule has 2 nitrogen and oxygen atoms in total. The van der Waals surface area contributed by atoms with Crippen LogP contribution in [0.2, 0.25) is 0 Å². The van der Waals surface area contributed by atoms with Crippen molar-refractivity contribution in [1.82, 2.24) is 0 Å². The maximum absolute atomic E-state index is 13.2. The first kappa shape index (κ1) is 9.93. The molecule has 0 bridgehead atoms. The van der Waals surface area contributed by atoms with Crippen molar-refractivity contribution < 1.29 is 14.6 Å². The number of benzene rings is 1. The molecule has 0 heterocycles. The highest BCUT2D eigenvalue weighted by molar-refractivity contribution is 9.10. The molecular weight excluding hydrogens is 251 g/mol. The molecule has 2 rings (SSSR count). The summed E-state index contributed by atoms with van der Waals surface area (Å²) in [7, 11) is 0. The summed E-state index contributed by atoms with van der Waals surface area (Å²) >= 11 is 3.19. The van der Waals surface area contributed by atoms with Crippen molar-refractivity contribution in [1.29, 1.82) is 0 Å². The van der Waals surface area contributed by atoms with Gasteiger partial charge in [0.05, 0.1) is 5.60 Å². The van der Waals surface area contributed by atoms with Crippen LogP contribution in [0.1, 0.15) is 24.0 Å². The number of hydrogen-bond acceptors (Lipinski definition) is 2. The summed E-state index contributed by atoms with van der Waals surface area (Å²) < 4.78 is 13.8. The Kier molecular flexibility index (Phi) is 2.08. The van der Waals surface area contributed by atoms with Crippen molar-refractivity contribution in [3.8, 4) is 5.75 Å². The van der Waals surface area contributed by atoms with Crippen molar-refractivity contribution in [3.05, 3.63) is 27.5 Å². The summed E-state index contributed by atoms with van der Waals surface area (Å²) in [5.41, 5.74) is 0.00646. The van der Waals surface area contributed by atoms with E-state index >= 15 is 0 Å². The SMILES string of the molecule is Cc1c(Br)cc(F)c(O)c1C1(O)CC1. The van der Waals surface area contributed by atoms with E-state index in [0.717, 1.165) is 0 Å². The monoisotopic (exact) mass is 260 g/mol. The number of phenols is 1. The molecule has 1 aromatic rings. The maximum Gasteiger partial charge on any atom is 0.166 e.